The lowest BCUT2D eigenvalue weighted by atomic mass is 10.2. The van der Waals surface area contributed by atoms with Gasteiger partial charge in [-0.2, -0.15) is 4.31 Å². The molecule has 0 saturated carbocycles. The molecule has 9 nitrogen and oxygen atoms in total. The van der Waals surface area contributed by atoms with Crippen molar-refractivity contribution in [2.24, 2.45) is 0 Å². The molecule has 0 unspecified atom stereocenters. The van der Waals surface area contributed by atoms with Gasteiger partial charge in [-0.05, 0) is 36.4 Å². The number of amides is 3. The molecule has 0 saturated heterocycles. The fourth-order valence-electron chi connectivity index (χ4n) is 2.65. The average Bonchev–Trinajstić information content (AvgIpc) is 2.76. The Hall–Kier alpha value is -2.95. The van der Waals surface area contributed by atoms with Crippen LogP contribution >= 0.6 is 11.6 Å². The molecular weight excluding hydrogens is 444 g/mol. The fourth-order valence-corrected chi connectivity index (χ4v) is 4.34. The van der Waals surface area contributed by atoms with Gasteiger partial charge in [-0.25, -0.2) is 8.42 Å². The van der Waals surface area contributed by atoms with Crippen LogP contribution in [0.1, 0.15) is 34.6 Å². The number of carbonyl (C=O) groups is 3. The lowest BCUT2D eigenvalue weighted by molar-refractivity contribution is -0.120. The van der Waals surface area contributed by atoms with Crippen LogP contribution in [-0.4, -0.2) is 50.1 Å². The molecule has 3 N–H and O–H groups in total. The molecule has 11 heteroatoms. The van der Waals surface area contributed by atoms with Crippen LogP contribution in [0.2, 0.25) is 5.02 Å². The largest absolute Gasteiger partial charge is 0.343 e. The first-order valence-electron chi connectivity index (χ1n) is 9.42. The van der Waals surface area contributed by atoms with E-state index in [4.69, 9.17) is 11.6 Å². The normalized spacial score (nSPS) is 11.1. The summed E-state index contributed by atoms with van der Waals surface area (Å²) < 4.78 is 26.5. The number of carbonyl (C=O) groups excluding carboxylic acids is 3. The van der Waals surface area contributed by atoms with Gasteiger partial charge in [0.2, 0.25) is 10.0 Å². The number of hydrogen-bond acceptors (Lipinski definition) is 5. The van der Waals surface area contributed by atoms with Gasteiger partial charge in [0.05, 0.1) is 11.4 Å². The van der Waals surface area contributed by atoms with Crippen LogP contribution in [0.15, 0.2) is 53.4 Å². The minimum Gasteiger partial charge on any atom is -0.343 e. The van der Waals surface area contributed by atoms with E-state index in [1.807, 2.05) is 0 Å². The molecule has 0 bridgehead atoms. The molecule has 2 aromatic carbocycles. The summed E-state index contributed by atoms with van der Waals surface area (Å²) in [6.07, 6.45) is 0. The second kappa shape index (κ2) is 10.9. The zero-order valence-corrected chi connectivity index (χ0v) is 18.6. The maximum absolute atomic E-state index is 12.6. The van der Waals surface area contributed by atoms with E-state index in [1.54, 1.807) is 32.0 Å². The number of halogens is 1. The zero-order chi connectivity index (χ0) is 23.0. The number of sulfonamides is 1. The molecule has 166 valence electrons. The quantitative estimate of drug-likeness (QED) is 0.509. The van der Waals surface area contributed by atoms with E-state index in [1.165, 1.54) is 34.6 Å². The van der Waals surface area contributed by atoms with Crippen molar-refractivity contribution < 1.29 is 22.8 Å². The number of hydrogen-bond donors (Lipinski definition) is 3. The van der Waals surface area contributed by atoms with Crippen LogP contribution in [0.5, 0.6) is 0 Å². The second-order valence-electron chi connectivity index (χ2n) is 6.31. The first-order valence-corrected chi connectivity index (χ1v) is 11.2. The van der Waals surface area contributed by atoms with E-state index in [0.29, 0.717) is 18.1 Å². The molecule has 2 aromatic rings. The predicted molar refractivity (Wildman–Crippen MR) is 116 cm³/mol. The van der Waals surface area contributed by atoms with Gasteiger partial charge in [-0.15, -0.1) is 0 Å². The average molecular weight is 467 g/mol. The molecule has 3 amide bonds. The second-order valence-corrected chi connectivity index (χ2v) is 8.69. The molecule has 0 aromatic heterocycles. The van der Waals surface area contributed by atoms with Crippen molar-refractivity contribution in [2.75, 3.05) is 19.6 Å². The third kappa shape index (κ3) is 6.51. The van der Waals surface area contributed by atoms with E-state index < -0.39 is 27.7 Å². The molecule has 0 aliphatic heterocycles. The van der Waals surface area contributed by atoms with Gasteiger partial charge in [-0.3, -0.25) is 25.2 Å². The van der Waals surface area contributed by atoms with Crippen LogP contribution in [-0.2, 0) is 14.8 Å². The Morgan fingerprint density at radius 3 is 2.13 bits per heavy atom. The maximum Gasteiger partial charge on any atom is 0.269 e. The highest BCUT2D eigenvalue weighted by atomic mass is 35.5. The summed E-state index contributed by atoms with van der Waals surface area (Å²) in [5.74, 6) is -1.87. The Morgan fingerprint density at radius 1 is 0.903 bits per heavy atom. The number of nitrogens with zero attached hydrogens (tertiary/aromatic N) is 1. The summed E-state index contributed by atoms with van der Waals surface area (Å²) in [6, 6.07) is 11.7. The minimum atomic E-state index is -3.73. The van der Waals surface area contributed by atoms with E-state index in [0.717, 1.165) is 0 Å². The smallest absolute Gasteiger partial charge is 0.269 e. The maximum atomic E-state index is 12.6. The number of hydrazine groups is 1. The van der Waals surface area contributed by atoms with Crippen LogP contribution in [0.4, 0.5) is 0 Å². The van der Waals surface area contributed by atoms with Crippen molar-refractivity contribution in [1.29, 1.82) is 0 Å². The first-order chi connectivity index (χ1) is 14.7. The van der Waals surface area contributed by atoms with Crippen molar-refractivity contribution in [3.8, 4) is 0 Å². The summed E-state index contributed by atoms with van der Waals surface area (Å²) in [7, 11) is -3.73. The van der Waals surface area contributed by atoms with Gasteiger partial charge in [0.1, 0.15) is 0 Å². The highest BCUT2D eigenvalue weighted by molar-refractivity contribution is 7.89. The zero-order valence-electron chi connectivity index (χ0n) is 17.0. The molecule has 31 heavy (non-hydrogen) atoms. The molecule has 0 heterocycles. The Morgan fingerprint density at radius 2 is 1.52 bits per heavy atom. The molecule has 0 fully saturated rings. The van der Waals surface area contributed by atoms with Gasteiger partial charge in [0, 0.05) is 29.2 Å². The topological polar surface area (TPSA) is 125 Å². The van der Waals surface area contributed by atoms with Crippen LogP contribution in [0, 0.1) is 0 Å². The monoisotopic (exact) mass is 466 g/mol. The van der Waals surface area contributed by atoms with Gasteiger partial charge >= 0.3 is 0 Å². The van der Waals surface area contributed by atoms with Gasteiger partial charge in [0.15, 0.2) is 0 Å². The van der Waals surface area contributed by atoms with Crippen LogP contribution < -0.4 is 16.2 Å². The molecule has 2 rings (SSSR count). The van der Waals surface area contributed by atoms with Gasteiger partial charge in [-0.1, -0.05) is 37.6 Å². The van der Waals surface area contributed by atoms with E-state index >= 15 is 0 Å². The molecule has 0 spiro atoms. The molecular formula is C20H23ClN4O5S. The standard InChI is InChI=1S/C20H23ClN4O5S/c1-3-25(4-2)31(29,30)17-10-6-8-15(12-17)20(28)24-23-18(26)13-22-19(27)14-7-5-9-16(21)11-14/h5-12H,3-4,13H2,1-2H3,(H,22,27)(H,23,26)(H,24,28). The van der Waals surface area contributed by atoms with E-state index in [2.05, 4.69) is 16.2 Å². The lowest BCUT2D eigenvalue weighted by Crippen LogP contribution is -2.46. The van der Waals surface area contributed by atoms with Crippen molar-refractivity contribution in [3.63, 3.8) is 0 Å². The summed E-state index contributed by atoms with van der Waals surface area (Å²) in [6.45, 7) is 3.65. The minimum absolute atomic E-state index is 0.0241. The summed E-state index contributed by atoms with van der Waals surface area (Å²) in [5.41, 5.74) is 4.69. The van der Waals surface area contributed by atoms with Crippen molar-refractivity contribution in [2.45, 2.75) is 18.7 Å². The number of benzene rings is 2. The highest BCUT2D eigenvalue weighted by Crippen LogP contribution is 2.17. The van der Waals surface area contributed by atoms with E-state index in [-0.39, 0.29) is 22.6 Å². The van der Waals surface area contributed by atoms with Crippen molar-refractivity contribution >= 4 is 39.3 Å². The summed E-state index contributed by atoms with van der Waals surface area (Å²) in [5, 5.41) is 2.78. The molecule has 0 aliphatic carbocycles. The Bertz CT molecular complexity index is 1070. The lowest BCUT2D eigenvalue weighted by Gasteiger charge is -2.18. The van der Waals surface area contributed by atoms with Gasteiger partial charge in [0.25, 0.3) is 17.7 Å². The summed E-state index contributed by atoms with van der Waals surface area (Å²) in [4.78, 5) is 36.2. The molecule has 0 radical (unpaired) electrons. The molecule has 0 aliphatic rings. The van der Waals surface area contributed by atoms with Gasteiger partial charge < -0.3 is 5.32 Å². The Balaban J connectivity index is 1.94. The fraction of sp³-hybridized carbons (Fsp3) is 0.250. The third-order valence-corrected chi connectivity index (χ3v) is 6.53. The Kier molecular flexibility index (Phi) is 8.55. The Labute approximate surface area is 185 Å². The van der Waals surface area contributed by atoms with Crippen LogP contribution in [0.3, 0.4) is 0 Å². The summed E-state index contributed by atoms with van der Waals surface area (Å²) >= 11 is 5.82. The van der Waals surface area contributed by atoms with Crippen LogP contribution in [0.25, 0.3) is 0 Å². The molecule has 0 atom stereocenters. The highest BCUT2D eigenvalue weighted by Gasteiger charge is 2.22. The third-order valence-electron chi connectivity index (χ3n) is 4.25. The van der Waals surface area contributed by atoms with E-state index in [9.17, 15) is 22.8 Å². The van der Waals surface area contributed by atoms with Crippen molar-refractivity contribution in [1.82, 2.24) is 20.5 Å². The van der Waals surface area contributed by atoms with Crippen molar-refractivity contribution in [3.05, 3.63) is 64.7 Å². The first kappa shape index (κ1) is 24.3. The SMILES string of the molecule is CCN(CC)S(=O)(=O)c1cccc(C(=O)NNC(=O)CNC(=O)c2cccc(Cl)c2)c1. The predicted octanol–water partition coefficient (Wildman–Crippen LogP) is 1.56. The number of nitrogens with one attached hydrogen (secondary N) is 3. The number of rotatable bonds is 8.